The van der Waals surface area contributed by atoms with Crippen LogP contribution in [0.4, 0.5) is 0 Å². The number of nitrogens with one attached hydrogen (secondary N) is 1. The van der Waals surface area contributed by atoms with Crippen LogP contribution in [0, 0.1) is 11.8 Å². The van der Waals surface area contributed by atoms with Crippen LogP contribution in [0.25, 0.3) is 0 Å². The Morgan fingerprint density at radius 1 is 1.56 bits per heavy atom. The minimum absolute atomic E-state index is 0.174. The number of carbonyl (C=O) groups is 1. The SMILES string of the molecule is COC(=O)[C@@H](NCC1CCCOC1)C(C)C. The molecule has 2 atom stereocenters. The van der Waals surface area contributed by atoms with Gasteiger partial charge >= 0.3 is 5.97 Å². The van der Waals surface area contributed by atoms with E-state index in [9.17, 15) is 4.79 Å². The van der Waals surface area contributed by atoms with E-state index in [0.29, 0.717) is 5.92 Å². The molecule has 0 spiro atoms. The second-order valence-corrected chi connectivity index (χ2v) is 4.74. The maximum absolute atomic E-state index is 11.5. The van der Waals surface area contributed by atoms with Gasteiger partial charge < -0.3 is 14.8 Å². The molecule has 1 rings (SSSR count). The Hall–Kier alpha value is -0.610. The van der Waals surface area contributed by atoms with Crippen molar-refractivity contribution < 1.29 is 14.3 Å². The fraction of sp³-hybridized carbons (Fsp3) is 0.917. The predicted molar refractivity (Wildman–Crippen MR) is 62.2 cm³/mol. The van der Waals surface area contributed by atoms with Crippen molar-refractivity contribution >= 4 is 5.97 Å². The summed E-state index contributed by atoms with van der Waals surface area (Å²) in [5.41, 5.74) is 0. The molecule has 16 heavy (non-hydrogen) atoms. The summed E-state index contributed by atoms with van der Waals surface area (Å²) in [5.74, 6) is 0.600. The third-order valence-corrected chi connectivity index (χ3v) is 3.00. The smallest absolute Gasteiger partial charge is 0.323 e. The van der Waals surface area contributed by atoms with E-state index in [1.807, 2.05) is 13.8 Å². The van der Waals surface area contributed by atoms with E-state index in [4.69, 9.17) is 9.47 Å². The van der Waals surface area contributed by atoms with Crippen LogP contribution in [0.1, 0.15) is 26.7 Å². The molecule has 0 radical (unpaired) electrons. The molecular formula is C12H23NO3. The first kappa shape index (κ1) is 13.5. The highest BCUT2D eigenvalue weighted by molar-refractivity contribution is 5.75. The molecular weight excluding hydrogens is 206 g/mol. The lowest BCUT2D eigenvalue weighted by Crippen LogP contribution is -2.44. The molecule has 1 N–H and O–H groups in total. The molecule has 0 aliphatic carbocycles. The molecule has 0 aromatic carbocycles. The summed E-state index contributed by atoms with van der Waals surface area (Å²) in [6.07, 6.45) is 2.30. The Morgan fingerprint density at radius 2 is 2.31 bits per heavy atom. The van der Waals surface area contributed by atoms with E-state index < -0.39 is 0 Å². The van der Waals surface area contributed by atoms with Gasteiger partial charge in [-0.3, -0.25) is 4.79 Å². The van der Waals surface area contributed by atoms with Crippen molar-refractivity contribution in [3.8, 4) is 0 Å². The fourth-order valence-corrected chi connectivity index (χ4v) is 1.98. The van der Waals surface area contributed by atoms with Gasteiger partial charge in [-0.05, 0) is 24.7 Å². The second kappa shape index (κ2) is 6.86. The van der Waals surface area contributed by atoms with Crippen LogP contribution in [0.5, 0.6) is 0 Å². The van der Waals surface area contributed by atoms with Crippen LogP contribution in [0.3, 0.4) is 0 Å². The highest BCUT2D eigenvalue weighted by atomic mass is 16.5. The van der Waals surface area contributed by atoms with Crippen LogP contribution in [-0.2, 0) is 14.3 Å². The highest BCUT2D eigenvalue weighted by Crippen LogP contribution is 2.13. The molecule has 0 saturated carbocycles. The zero-order valence-corrected chi connectivity index (χ0v) is 10.5. The first-order valence-corrected chi connectivity index (χ1v) is 6.04. The van der Waals surface area contributed by atoms with Gasteiger partial charge in [-0.25, -0.2) is 0 Å². The molecule has 1 heterocycles. The van der Waals surface area contributed by atoms with E-state index in [1.54, 1.807) is 0 Å². The summed E-state index contributed by atoms with van der Waals surface area (Å²) >= 11 is 0. The lowest BCUT2D eigenvalue weighted by Gasteiger charge is -2.26. The standard InChI is InChI=1S/C12H23NO3/c1-9(2)11(12(14)15-3)13-7-10-5-4-6-16-8-10/h9-11,13H,4-8H2,1-3H3/t10?,11-/m0/s1. The van der Waals surface area contributed by atoms with Gasteiger partial charge in [0.25, 0.3) is 0 Å². The van der Waals surface area contributed by atoms with Crippen molar-refractivity contribution in [3.63, 3.8) is 0 Å². The molecule has 1 unspecified atom stereocenters. The topological polar surface area (TPSA) is 47.6 Å². The van der Waals surface area contributed by atoms with E-state index in [0.717, 1.165) is 26.2 Å². The van der Waals surface area contributed by atoms with E-state index >= 15 is 0 Å². The first-order valence-electron chi connectivity index (χ1n) is 6.04. The summed E-state index contributed by atoms with van der Waals surface area (Å²) in [5, 5.41) is 3.29. The van der Waals surface area contributed by atoms with Crippen molar-refractivity contribution in [1.82, 2.24) is 5.32 Å². The number of esters is 1. The summed E-state index contributed by atoms with van der Waals surface area (Å²) in [4.78, 5) is 11.5. The Labute approximate surface area is 97.7 Å². The number of hydrogen-bond donors (Lipinski definition) is 1. The summed E-state index contributed by atoms with van der Waals surface area (Å²) in [6.45, 7) is 6.55. The number of carbonyl (C=O) groups excluding carboxylic acids is 1. The molecule has 1 saturated heterocycles. The van der Waals surface area contributed by atoms with Crippen molar-refractivity contribution in [3.05, 3.63) is 0 Å². The Morgan fingerprint density at radius 3 is 2.81 bits per heavy atom. The second-order valence-electron chi connectivity index (χ2n) is 4.74. The first-order chi connectivity index (χ1) is 7.65. The van der Waals surface area contributed by atoms with Crippen molar-refractivity contribution in [2.24, 2.45) is 11.8 Å². The highest BCUT2D eigenvalue weighted by Gasteiger charge is 2.24. The number of hydrogen-bond acceptors (Lipinski definition) is 4. The lowest BCUT2D eigenvalue weighted by molar-refractivity contribution is -0.144. The average molecular weight is 229 g/mol. The number of ether oxygens (including phenoxy) is 2. The molecule has 1 aliphatic heterocycles. The predicted octanol–water partition coefficient (Wildman–Crippen LogP) is 1.20. The van der Waals surface area contributed by atoms with Crippen LogP contribution in [0.15, 0.2) is 0 Å². The van der Waals surface area contributed by atoms with Crippen LogP contribution in [-0.4, -0.2) is 38.9 Å². The average Bonchev–Trinajstić information content (AvgIpc) is 2.30. The summed E-state index contributed by atoms with van der Waals surface area (Å²) < 4.78 is 10.2. The van der Waals surface area contributed by atoms with Crippen LogP contribution in [0.2, 0.25) is 0 Å². The summed E-state index contributed by atoms with van der Waals surface area (Å²) in [6, 6.07) is -0.202. The third-order valence-electron chi connectivity index (χ3n) is 3.00. The largest absolute Gasteiger partial charge is 0.468 e. The minimum Gasteiger partial charge on any atom is -0.468 e. The minimum atomic E-state index is -0.202. The zero-order valence-electron chi connectivity index (χ0n) is 10.5. The Bertz CT molecular complexity index is 212. The molecule has 1 fully saturated rings. The quantitative estimate of drug-likeness (QED) is 0.720. The van der Waals surface area contributed by atoms with Gasteiger partial charge in [-0.2, -0.15) is 0 Å². The van der Waals surface area contributed by atoms with Gasteiger partial charge in [0.15, 0.2) is 0 Å². The normalized spacial score (nSPS) is 23.1. The molecule has 0 aromatic rings. The molecule has 0 aromatic heterocycles. The van der Waals surface area contributed by atoms with Gasteiger partial charge in [0, 0.05) is 13.2 Å². The van der Waals surface area contributed by atoms with Gasteiger partial charge in [-0.15, -0.1) is 0 Å². The van der Waals surface area contributed by atoms with Crippen LogP contribution >= 0.6 is 0 Å². The third kappa shape index (κ3) is 4.10. The molecule has 94 valence electrons. The summed E-state index contributed by atoms with van der Waals surface area (Å²) in [7, 11) is 1.43. The Kier molecular flexibility index (Phi) is 5.77. The number of methoxy groups -OCH3 is 1. The van der Waals surface area contributed by atoms with Gasteiger partial charge in [0.05, 0.1) is 13.7 Å². The molecule has 4 nitrogen and oxygen atoms in total. The maximum Gasteiger partial charge on any atom is 0.323 e. The monoisotopic (exact) mass is 229 g/mol. The molecule has 0 amide bonds. The molecule has 0 bridgehead atoms. The van der Waals surface area contributed by atoms with Gasteiger partial charge in [0.1, 0.15) is 6.04 Å². The zero-order chi connectivity index (χ0) is 12.0. The van der Waals surface area contributed by atoms with E-state index in [1.165, 1.54) is 13.5 Å². The van der Waals surface area contributed by atoms with Gasteiger partial charge in [-0.1, -0.05) is 13.8 Å². The van der Waals surface area contributed by atoms with Crippen molar-refractivity contribution in [2.75, 3.05) is 26.9 Å². The Balaban J connectivity index is 2.34. The van der Waals surface area contributed by atoms with E-state index in [-0.39, 0.29) is 17.9 Å². The lowest BCUT2D eigenvalue weighted by atomic mass is 10.00. The van der Waals surface area contributed by atoms with E-state index in [2.05, 4.69) is 5.32 Å². The van der Waals surface area contributed by atoms with Crippen LogP contribution < -0.4 is 5.32 Å². The van der Waals surface area contributed by atoms with Crippen molar-refractivity contribution in [1.29, 1.82) is 0 Å². The molecule has 4 heteroatoms. The number of rotatable bonds is 5. The maximum atomic E-state index is 11.5. The van der Waals surface area contributed by atoms with Gasteiger partial charge in [0.2, 0.25) is 0 Å². The molecule has 1 aliphatic rings. The fourth-order valence-electron chi connectivity index (χ4n) is 1.98. The van der Waals surface area contributed by atoms with Crippen molar-refractivity contribution in [2.45, 2.75) is 32.7 Å².